The molecule has 1 aromatic heterocycles. The van der Waals surface area contributed by atoms with E-state index in [4.69, 9.17) is 6.42 Å². The van der Waals surface area contributed by atoms with Gasteiger partial charge in [-0.1, -0.05) is 12.8 Å². The number of thiophene rings is 1. The summed E-state index contributed by atoms with van der Waals surface area (Å²) in [4.78, 5) is 1.39. The predicted molar refractivity (Wildman–Crippen MR) is 77.4 cm³/mol. The number of nitrogens with one attached hydrogen (secondary N) is 1. The van der Waals surface area contributed by atoms with Crippen LogP contribution in [0.25, 0.3) is 0 Å². The van der Waals surface area contributed by atoms with Crippen LogP contribution in [-0.4, -0.2) is 31.9 Å². The van der Waals surface area contributed by atoms with Crippen molar-refractivity contribution in [2.75, 3.05) is 13.1 Å². The molecule has 0 amide bonds. The Morgan fingerprint density at radius 3 is 2.89 bits per heavy atom. The third-order valence-corrected chi connectivity index (χ3v) is 6.01. The zero-order valence-electron chi connectivity index (χ0n) is 10.9. The molecule has 0 spiro atoms. The minimum Gasteiger partial charge on any atom is -0.309 e. The molecule has 1 N–H and O–H groups in total. The van der Waals surface area contributed by atoms with Gasteiger partial charge in [-0.05, 0) is 18.9 Å². The van der Waals surface area contributed by atoms with Gasteiger partial charge in [-0.15, -0.1) is 17.8 Å². The Balaban J connectivity index is 2.08. The van der Waals surface area contributed by atoms with Crippen molar-refractivity contribution in [2.24, 2.45) is 0 Å². The van der Waals surface area contributed by atoms with Gasteiger partial charge in [-0.3, -0.25) is 0 Å². The summed E-state index contributed by atoms with van der Waals surface area (Å²) in [5.41, 5.74) is 0. The lowest BCUT2D eigenvalue weighted by molar-refractivity contribution is 0.464. The maximum atomic E-state index is 12.3. The quantitative estimate of drug-likeness (QED) is 0.779. The number of nitrogens with zero attached hydrogens (tertiary/aromatic N) is 1. The third-order valence-electron chi connectivity index (χ3n) is 3.03. The second kappa shape index (κ2) is 6.06. The van der Waals surface area contributed by atoms with E-state index in [0.717, 1.165) is 11.4 Å². The predicted octanol–water partition coefficient (Wildman–Crippen LogP) is 1.64. The Morgan fingerprint density at radius 1 is 1.58 bits per heavy atom. The molecule has 0 aromatic carbocycles. The molecule has 1 aliphatic rings. The molecular formula is C13H18N2O2S2. The van der Waals surface area contributed by atoms with Crippen molar-refractivity contribution in [3.05, 3.63) is 16.3 Å². The Morgan fingerprint density at radius 2 is 2.32 bits per heavy atom. The fraction of sp³-hybridized carbons (Fsp3) is 0.538. The Kier molecular flexibility index (Phi) is 4.63. The highest BCUT2D eigenvalue weighted by Crippen LogP contribution is 2.24. The van der Waals surface area contributed by atoms with Gasteiger partial charge >= 0.3 is 0 Å². The Labute approximate surface area is 118 Å². The highest BCUT2D eigenvalue weighted by atomic mass is 32.2. The van der Waals surface area contributed by atoms with Crippen LogP contribution in [0.3, 0.4) is 0 Å². The lowest BCUT2D eigenvalue weighted by atomic mass is 10.4. The van der Waals surface area contributed by atoms with Crippen molar-refractivity contribution >= 4 is 21.4 Å². The van der Waals surface area contributed by atoms with Crippen molar-refractivity contribution in [3.63, 3.8) is 0 Å². The molecule has 19 heavy (non-hydrogen) atoms. The molecule has 0 aliphatic heterocycles. The van der Waals surface area contributed by atoms with Gasteiger partial charge < -0.3 is 5.32 Å². The lowest BCUT2D eigenvalue weighted by Gasteiger charge is -2.16. The molecule has 6 heteroatoms. The SMILES string of the molecule is C#CCN(CC)S(=O)(=O)c1csc(CNC2CC2)c1. The molecule has 0 bridgehead atoms. The van der Waals surface area contributed by atoms with E-state index < -0.39 is 10.0 Å². The molecule has 0 unspecified atom stereocenters. The van der Waals surface area contributed by atoms with Gasteiger partial charge in [0.05, 0.1) is 11.4 Å². The smallest absolute Gasteiger partial charge is 0.244 e. The summed E-state index contributed by atoms with van der Waals surface area (Å²) in [7, 11) is -3.44. The maximum Gasteiger partial charge on any atom is 0.244 e. The van der Waals surface area contributed by atoms with Crippen LogP contribution in [0.2, 0.25) is 0 Å². The van der Waals surface area contributed by atoms with E-state index in [-0.39, 0.29) is 6.54 Å². The van der Waals surface area contributed by atoms with E-state index in [1.165, 1.54) is 28.5 Å². The molecule has 1 heterocycles. The van der Waals surface area contributed by atoms with Crippen LogP contribution in [0.15, 0.2) is 16.3 Å². The average molecular weight is 298 g/mol. The van der Waals surface area contributed by atoms with E-state index >= 15 is 0 Å². The number of sulfonamides is 1. The first-order valence-electron chi connectivity index (χ1n) is 6.32. The van der Waals surface area contributed by atoms with Crippen molar-refractivity contribution in [1.29, 1.82) is 0 Å². The fourth-order valence-corrected chi connectivity index (χ4v) is 4.31. The fourth-order valence-electron chi connectivity index (χ4n) is 1.74. The molecule has 1 saturated carbocycles. The standard InChI is InChI=1S/C13H18N2O2S2/c1-3-7-15(4-2)19(16,17)13-8-12(18-10-13)9-14-11-5-6-11/h1,8,10-11,14H,4-7,9H2,2H3. The van der Waals surface area contributed by atoms with Gasteiger partial charge in [0.15, 0.2) is 0 Å². The molecule has 0 radical (unpaired) electrons. The number of hydrogen-bond acceptors (Lipinski definition) is 4. The number of hydrogen-bond donors (Lipinski definition) is 1. The molecule has 1 fully saturated rings. The zero-order valence-corrected chi connectivity index (χ0v) is 12.6. The highest BCUT2D eigenvalue weighted by molar-refractivity contribution is 7.89. The maximum absolute atomic E-state index is 12.3. The van der Waals surface area contributed by atoms with Gasteiger partial charge in [0.25, 0.3) is 0 Å². The first kappa shape index (κ1) is 14.5. The van der Waals surface area contributed by atoms with E-state index in [0.29, 0.717) is 17.5 Å². The van der Waals surface area contributed by atoms with Crippen LogP contribution in [-0.2, 0) is 16.6 Å². The van der Waals surface area contributed by atoms with Crippen LogP contribution < -0.4 is 5.32 Å². The van der Waals surface area contributed by atoms with Crippen molar-refractivity contribution in [2.45, 2.75) is 37.2 Å². The Hall–Kier alpha value is -0.870. The third kappa shape index (κ3) is 3.57. The van der Waals surface area contributed by atoms with Gasteiger partial charge in [0.1, 0.15) is 0 Å². The van der Waals surface area contributed by atoms with Crippen molar-refractivity contribution < 1.29 is 8.42 Å². The molecule has 4 nitrogen and oxygen atoms in total. The summed E-state index contributed by atoms with van der Waals surface area (Å²) in [5, 5.41) is 5.07. The van der Waals surface area contributed by atoms with Crippen LogP contribution in [0.1, 0.15) is 24.6 Å². The van der Waals surface area contributed by atoms with Crippen LogP contribution >= 0.6 is 11.3 Å². The monoisotopic (exact) mass is 298 g/mol. The molecule has 1 aromatic rings. The lowest BCUT2D eigenvalue weighted by Crippen LogP contribution is -2.31. The topological polar surface area (TPSA) is 49.4 Å². The summed E-state index contributed by atoms with van der Waals surface area (Å²) in [6.45, 7) is 3.03. The normalized spacial score (nSPS) is 15.6. The zero-order chi connectivity index (χ0) is 13.9. The second-order valence-electron chi connectivity index (χ2n) is 4.54. The molecule has 0 atom stereocenters. The van der Waals surface area contributed by atoms with Crippen LogP contribution in [0.4, 0.5) is 0 Å². The molecule has 104 valence electrons. The first-order valence-corrected chi connectivity index (χ1v) is 8.64. The number of terminal acetylenes is 1. The van der Waals surface area contributed by atoms with E-state index in [1.807, 2.05) is 0 Å². The second-order valence-corrected chi connectivity index (χ2v) is 7.47. The average Bonchev–Trinajstić information content (AvgIpc) is 3.09. The van der Waals surface area contributed by atoms with Gasteiger partial charge in [0, 0.05) is 29.4 Å². The summed E-state index contributed by atoms with van der Waals surface area (Å²) in [6.07, 6.45) is 7.66. The molecule has 1 aliphatic carbocycles. The summed E-state index contributed by atoms with van der Waals surface area (Å²) in [6, 6.07) is 2.37. The van der Waals surface area contributed by atoms with E-state index in [9.17, 15) is 8.42 Å². The van der Waals surface area contributed by atoms with E-state index in [2.05, 4.69) is 11.2 Å². The minimum absolute atomic E-state index is 0.115. The van der Waals surface area contributed by atoms with Crippen molar-refractivity contribution in [3.8, 4) is 12.3 Å². The number of rotatable bonds is 7. The molecule has 0 saturated heterocycles. The summed E-state index contributed by atoms with van der Waals surface area (Å²) < 4.78 is 26.0. The van der Waals surface area contributed by atoms with Gasteiger partial charge in [0.2, 0.25) is 10.0 Å². The minimum atomic E-state index is -3.44. The van der Waals surface area contributed by atoms with Crippen molar-refractivity contribution in [1.82, 2.24) is 9.62 Å². The van der Waals surface area contributed by atoms with Gasteiger partial charge in [-0.25, -0.2) is 8.42 Å². The van der Waals surface area contributed by atoms with Crippen LogP contribution in [0, 0.1) is 12.3 Å². The first-order chi connectivity index (χ1) is 9.07. The Bertz CT molecular complexity index is 568. The molecule has 2 rings (SSSR count). The largest absolute Gasteiger partial charge is 0.309 e. The summed E-state index contributed by atoms with van der Waals surface area (Å²) >= 11 is 1.47. The van der Waals surface area contributed by atoms with E-state index in [1.54, 1.807) is 18.4 Å². The molecular weight excluding hydrogens is 280 g/mol. The summed E-state index contributed by atoms with van der Waals surface area (Å²) in [5.74, 6) is 2.39. The van der Waals surface area contributed by atoms with Crippen LogP contribution in [0.5, 0.6) is 0 Å². The van der Waals surface area contributed by atoms with Gasteiger partial charge in [-0.2, -0.15) is 4.31 Å². The highest BCUT2D eigenvalue weighted by Gasteiger charge is 2.24.